The molecule has 1 aromatic carbocycles. The van der Waals surface area contributed by atoms with E-state index in [1.54, 1.807) is 32.6 Å². The smallest absolute Gasteiger partial charge is 0.408 e. The quantitative estimate of drug-likeness (QED) is 0.380. The Bertz CT molecular complexity index is 1980. The molecule has 3 fully saturated rings. The number of allylic oxidation sites excluding steroid dienone is 2. The van der Waals surface area contributed by atoms with Crippen molar-refractivity contribution in [3.8, 4) is 5.75 Å². The van der Waals surface area contributed by atoms with E-state index in [0.717, 1.165) is 41.4 Å². The summed E-state index contributed by atoms with van der Waals surface area (Å²) in [4.78, 5) is 62.8. The van der Waals surface area contributed by atoms with Crippen LogP contribution in [0.5, 0.6) is 5.75 Å². The molecule has 0 radical (unpaired) electrons. The molecule has 0 unspecified atom stereocenters. The first-order valence-electron chi connectivity index (χ1n) is 19.1. The maximum absolute atomic E-state index is 14.7. The Morgan fingerprint density at radius 3 is 2.55 bits per heavy atom. The van der Waals surface area contributed by atoms with Crippen LogP contribution >= 0.6 is 0 Å². The number of fused-ring (bicyclic) bond motifs is 5. The molecule has 7 rings (SSSR count). The second-order valence-corrected chi connectivity index (χ2v) is 19.4. The molecule has 3 amide bonds. The van der Waals surface area contributed by atoms with E-state index < -0.39 is 61.4 Å². The van der Waals surface area contributed by atoms with E-state index in [1.807, 2.05) is 43.3 Å². The summed E-state index contributed by atoms with van der Waals surface area (Å²) in [7, 11) is -3.94. The number of alkyl carbamates (subject to hydrolysis) is 1. The molecule has 13 heteroatoms. The zero-order valence-electron chi connectivity index (χ0n) is 31.5. The van der Waals surface area contributed by atoms with Crippen LogP contribution in [0.3, 0.4) is 0 Å². The summed E-state index contributed by atoms with van der Waals surface area (Å²) < 4.78 is 40.2. The van der Waals surface area contributed by atoms with Gasteiger partial charge in [0.25, 0.3) is 0 Å². The minimum atomic E-state index is -3.94. The molecule has 12 nitrogen and oxygen atoms in total. The van der Waals surface area contributed by atoms with Gasteiger partial charge in [0, 0.05) is 23.8 Å². The average molecular weight is 749 g/mol. The Morgan fingerprint density at radius 2 is 1.81 bits per heavy atom. The van der Waals surface area contributed by atoms with Crippen molar-refractivity contribution in [2.75, 3.05) is 6.54 Å². The second kappa shape index (κ2) is 13.4. The first kappa shape index (κ1) is 37.3. The molecule has 5 atom stereocenters. The van der Waals surface area contributed by atoms with Crippen molar-refractivity contribution in [3.05, 3.63) is 47.7 Å². The molecule has 5 aliphatic rings. The van der Waals surface area contributed by atoms with E-state index >= 15 is 0 Å². The fraction of sp³-hybridized carbons (Fsp3) is 0.625. The van der Waals surface area contributed by atoms with Crippen molar-refractivity contribution >= 4 is 44.6 Å². The molecule has 1 aromatic heterocycles. The van der Waals surface area contributed by atoms with Crippen LogP contribution in [0.25, 0.3) is 10.9 Å². The van der Waals surface area contributed by atoms with Gasteiger partial charge in [-0.2, -0.15) is 0 Å². The van der Waals surface area contributed by atoms with Crippen molar-refractivity contribution in [1.29, 1.82) is 0 Å². The Labute approximate surface area is 311 Å². The number of carbonyl (C=O) groups excluding carboxylic acids is 4. The van der Waals surface area contributed by atoms with E-state index in [1.165, 1.54) is 0 Å². The van der Waals surface area contributed by atoms with E-state index in [2.05, 4.69) is 10.0 Å². The number of Topliss-reactive ketones (excluding diaryl/α,β-unsaturated/α-hetero) is 1. The lowest BCUT2D eigenvalue weighted by atomic mass is 9.85. The number of ketones is 1. The first-order chi connectivity index (χ1) is 24.9. The number of carbonyl (C=O) groups is 4. The number of aryl methyl sites for hydroxylation is 2. The Morgan fingerprint density at radius 1 is 1.06 bits per heavy atom. The molecule has 2 N–H and O–H groups in total. The highest BCUT2D eigenvalue weighted by atomic mass is 32.2. The lowest BCUT2D eigenvalue weighted by molar-refractivity contribution is -0.140. The number of pyridine rings is 1. The molecule has 286 valence electrons. The number of hydrogen-bond acceptors (Lipinski definition) is 9. The summed E-state index contributed by atoms with van der Waals surface area (Å²) in [6.45, 7) is 8.89. The predicted octanol–water partition coefficient (Wildman–Crippen LogP) is 5.59. The number of amides is 3. The average Bonchev–Trinajstić information content (AvgIpc) is 3.97. The highest BCUT2D eigenvalue weighted by molar-refractivity contribution is 7.91. The topological polar surface area (TPSA) is 161 Å². The van der Waals surface area contributed by atoms with E-state index in [-0.39, 0.29) is 31.1 Å². The third-order valence-electron chi connectivity index (χ3n) is 12.0. The van der Waals surface area contributed by atoms with Gasteiger partial charge in [0.2, 0.25) is 21.8 Å². The van der Waals surface area contributed by atoms with Gasteiger partial charge in [-0.15, -0.1) is 0 Å². The van der Waals surface area contributed by atoms with Gasteiger partial charge in [0.05, 0.1) is 34.0 Å². The van der Waals surface area contributed by atoms with Crippen molar-refractivity contribution in [2.45, 2.75) is 140 Å². The Balaban J connectivity index is 1.23. The van der Waals surface area contributed by atoms with Gasteiger partial charge in [-0.25, -0.2) is 18.2 Å². The molecular formula is C40H52N4O8S. The molecule has 2 aliphatic carbocycles. The lowest BCUT2D eigenvalue weighted by Crippen LogP contribution is -2.53. The second-order valence-electron chi connectivity index (χ2n) is 17.3. The van der Waals surface area contributed by atoms with E-state index in [0.29, 0.717) is 50.7 Å². The van der Waals surface area contributed by atoms with Gasteiger partial charge >= 0.3 is 6.09 Å². The van der Waals surface area contributed by atoms with Gasteiger partial charge in [-0.05, 0) is 98.0 Å². The number of rotatable bonds is 4. The summed E-state index contributed by atoms with van der Waals surface area (Å²) in [5.74, 6) is -1.05. The number of aromatic nitrogens is 1. The fourth-order valence-corrected chi connectivity index (χ4v) is 9.76. The van der Waals surface area contributed by atoms with Crippen LogP contribution in [0.2, 0.25) is 0 Å². The zero-order chi connectivity index (χ0) is 38.0. The molecule has 2 saturated carbocycles. The van der Waals surface area contributed by atoms with Gasteiger partial charge in [-0.1, -0.05) is 43.2 Å². The predicted molar refractivity (Wildman–Crippen MR) is 199 cm³/mol. The number of nitrogens with one attached hydrogen (secondary N) is 2. The SMILES string of the molecule is Cc1nc2ccccc2c2c1O[C@@]1(CC2)C[C@H]2C(=O)C[C@]3(C(=O)NS(=O)(=O)C4(C)CC4)C[C@H]3/C=C\CCCCC[C@@H](NC(=O)OC(C)(C)C)C(=O)N2C1. The highest BCUT2D eigenvalue weighted by Gasteiger charge is 2.63. The van der Waals surface area contributed by atoms with Crippen molar-refractivity contribution in [1.82, 2.24) is 19.9 Å². The van der Waals surface area contributed by atoms with Crippen LogP contribution in [-0.4, -0.2) is 76.6 Å². The van der Waals surface area contributed by atoms with Gasteiger partial charge in [0.1, 0.15) is 23.0 Å². The van der Waals surface area contributed by atoms with Crippen molar-refractivity contribution < 1.29 is 37.1 Å². The van der Waals surface area contributed by atoms with Gasteiger partial charge in [0.15, 0.2) is 5.78 Å². The van der Waals surface area contributed by atoms with Crippen molar-refractivity contribution in [3.63, 3.8) is 0 Å². The molecule has 4 heterocycles. The number of sulfonamides is 1. The number of hydrogen-bond donors (Lipinski definition) is 2. The Hall–Kier alpha value is -4.00. The van der Waals surface area contributed by atoms with Crippen LogP contribution in [0.15, 0.2) is 36.4 Å². The Kier molecular flexibility index (Phi) is 9.43. The standard InChI is InChI=1S/C40H52N4O8S/c1-25-33-28(27-14-11-12-15-29(27)41-25)17-18-39(51-33)22-31-32(45)23-40(35(47)43-53(49,50)38(5)19-20-38)21-26(40)13-9-7-6-8-10-16-30(34(46)44(31)24-39)42-36(48)52-37(2,3)4/h9,11-15,26,30-31H,6-8,10,16-24H2,1-5H3,(H,42,48)(H,43,47)/b13-9-/t26-,30-,31+,39+,40-/m1/s1. The summed E-state index contributed by atoms with van der Waals surface area (Å²) in [5.41, 5.74) is -0.309. The third kappa shape index (κ3) is 7.29. The maximum atomic E-state index is 14.7. The van der Waals surface area contributed by atoms with Crippen LogP contribution in [0, 0.1) is 18.3 Å². The van der Waals surface area contributed by atoms with Crippen LogP contribution < -0.4 is 14.8 Å². The van der Waals surface area contributed by atoms with Crippen LogP contribution in [-0.2, 0) is 35.6 Å². The highest BCUT2D eigenvalue weighted by Crippen LogP contribution is 2.58. The largest absolute Gasteiger partial charge is 0.483 e. The first-order valence-corrected chi connectivity index (χ1v) is 20.6. The summed E-state index contributed by atoms with van der Waals surface area (Å²) in [5, 5.41) is 3.81. The van der Waals surface area contributed by atoms with E-state index in [4.69, 9.17) is 14.5 Å². The maximum Gasteiger partial charge on any atom is 0.408 e. The number of para-hydroxylation sites is 1. The zero-order valence-corrected chi connectivity index (χ0v) is 32.3. The van der Waals surface area contributed by atoms with Gasteiger partial charge < -0.3 is 19.7 Å². The number of nitrogens with zero attached hydrogens (tertiary/aromatic N) is 2. The molecular weight excluding hydrogens is 697 g/mol. The molecule has 1 spiro atoms. The number of benzene rings is 1. The summed E-state index contributed by atoms with van der Waals surface area (Å²) >= 11 is 0. The lowest BCUT2D eigenvalue weighted by Gasteiger charge is -2.36. The molecule has 0 bridgehead atoms. The van der Waals surface area contributed by atoms with Crippen LogP contribution in [0.1, 0.15) is 110 Å². The molecule has 2 aromatic rings. The molecule has 53 heavy (non-hydrogen) atoms. The number of ether oxygens (including phenoxy) is 2. The minimum Gasteiger partial charge on any atom is -0.483 e. The van der Waals surface area contributed by atoms with E-state index in [9.17, 15) is 27.6 Å². The molecule has 3 aliphatic heterocycles. The fourth-order valence-electron chi connectivity index (χ4n) is 8.43. The molecule has 1 saturated heterocycles. The normalized spacial score (nSPS) is 30.5. The summed E-state index contributed by atoms with van der Waals surface area (Å²) in [6.07, 6.45) is 9.05. The van der Waals surface area contributed by atoms with Crippen LogP contribution in [0.4, 0.5) is 4.79 Å². The third-order valence-corrected chi connectivity index (χ3v) is 14.1. The summed E-state index contributed by atoms with van der Waals surface area (Å²) in [6, 6.07) is 6.00. The van der Waals surface area contributed by atoms with Crippen molar-refractivity contribution in [2.24, 2.45) is 11.3 Å². The van der Waals surface area contributed by atoms with Gasteiger partial charge in [-0.3, -0.25) is 19.1 Å². The monoisotopic (exact) mass is 748 g/mol. The minimum absolute atomic E-state index is 0.107.